The van der Waals surface area contributed by atoms with Gasteiger partial charge in [0.25, 0.3) is 5.91 Å². The maximum atomic E-state index is 12.4. The van der Waals surface area contributed by atoms with Crippen LogP contribution in [0.2, 0.25) is 0 Å². The third-order valence-electron chi connectivity index (χ3n) is 3.62. The van der Waals surface area contributed by atoms with Crippen LogP contribution in [0.1, 0.15) is 28.5 Å². The quantitative estimate of drug-likeness (QED) is 0.730. The van der Waals surface area contributed by atoms with Crippen LogP contribution in [-0.4, -0.2) is 22.3 Å². The van der Waals surface area contributed by atoms with Gasteiger partial charge in [-0.05, 0) is 50.1 Å². The summed E-state index contributed by atoms with van der Waals surface area (Å²) < 4.78 is 7.02. The second kappa shape index (κ2) is 6.72. The number of hydrogen-bond acceptors (Lipinski definition) is 4. The molecule has 3 rings (SSSR count). The van der Waals surface area contributed by atoms with E-state index in [1.807, 2.05) is 32.0 Å². The number of rotatable bonds is 5. The first-order chi connectivity index (χ1) is 11.6. The molecule has 0 bridgehead atoms. The van der Waals surface area contributed by atoms with E-state index in [4.69, 9.17) is 9.25 Å². The molecule has 1 N–H and O–H groups in total. The van der Waals surface area contributed by atoms with Gasteiger partial charge in [-0.2, -0.15) is 5.10 Å². The molecular formula is C18H19N3O3. The number of nitrogens with zero attached hydrogens (tertiary/aromatic N) is 2. The largest absolute Gasteiger partial charge is 0.463 e. The van der Waals surface area contributed by atoms with Crippen molar-refractivity contribution in [2.75, 3.05) is 6.61 Å². The van der Waals surface area contributed by atoms with Gasteiger partial charge in [-0.15, -0.1) is 0 Å². The highest BCUT2D eigenvalue weighted by Gasteiger charge is 2.20. The highest BCUT2D eigenvalue weighted by Crippen LogP contribution is 2.24. The summed E-state index contributed by atoms with van der Waals surface area (Å²) in [7, 11) is 0. The number of nitrogens with one attached hydrogen (secondary N) is 1. The summed E-state index contributed by atoms with van der Waals surface area (Å²) in [6.45, 7) is 6.16. The first-order valence-corrected chi connectivity index (χ1v) is 7.74. The number of aromatic nitrogens is 2. The van der Waals surface area contributed by atoms with Crippen molar-refractivity contribution in [3.63, 3.8) is 0 Å². The van der Waals surface area contributed by atoms with Gasteiger partial charge < -0.3 is 4.42 Å². The van der Waals surface area contributed by atoms with Crippen LogP contribution in [-0.2, 0) is 4.84 Å². The molecule has 0 aliphatic heterocycles. The Kier molecular flexibility index (Phi) is 4.48. The minimum absolute atomic E-state index is 0.358. The van der Waals surface area contributed by atoms with E-state index in [1.54, 1.807) is 36.1 Å². The van der Waals surface area contributed by atoms with Gasteiger partial charge in [0.2, 0.25) is 0 Å². The van der Waals surface area contributed by atoms with Crippen LogP contribution in [0.3, 0.4) is 0 Å². The van der Waals surface area contributed by atoms with Gasteiger partial charge in [0.15, 0.2) is 5.76 Å². The maximum Gasteiger partial charge on any atom is 0.293 e. The molecule has 2 heterocycles. The molecule has 3 aromatic rings. The molecule has 0 atom stereocenters. The predicted octanol–water partition coefficient (Wildman–Crippen LogP) is 3.43. The summed E-state index contributed by atoms with van der Waals surface area (Å²) in [6, 6.07) is 11.3. The lowest BCUT2D eigenvalue weighted by atomic mass is 10.1. The second-order valence-electron chi connectivity index (χ2n) is 5.46. The zero-order valence-electron chi connectivity index (χ0n) is 13.9. The number of carbonyl (C=O) groups is 1. The second-order valence-corrected chi connectivity index (χ2v) is 5.46. The first kappa shape index (κ1) is 16.0. The highest BCUT2D eigenvalue weighted by molar-refractivity contribution is 5.93. The molecule has 0 saturated heterocycles. The number of hydrogen-bond donors (Lipinski definition) is 1. The third kappa shape index (κ3) is 3.09. The topological polar surface area (TPSA) is 69.3 Å². The summed E-state index contributed by atoms with van der Waals surface area (Å²) in [6.07, 6.45) is 1.58. The number of benzene rings is 1. The SMILES string of the molecule is CCONC(=O)c1cc(-c2ccco2)nn1-c1cc(C)ccc1C. The molecule has 1 aromatic carbocycles. The lowest BCUT2D eigenvalue weighted by Gasteiger charge is -2.11. The van der Waals surface area contributed by atoms with E-state index in [-0.39, 0.29) is 5.91 Å². The number of furan rings is 1. The molecule has 0 saturated carbocycles. The average Bonchev–Trinajstić information content (AvgIpc) is 3.23. The van der Waals surface area contributed by atoms with Gasteiger partial charge in [-0.3, -0.25) is 9.63 Å². The van der Waals surface area contributed by atoms with Gasteiger partial charge in [-0.1, -0.05) is 12.1 Å². The van der Waals surface area contributed by atoms with E-state index < -0.39 is 0 Å². The zero-order chi connectivity index (χ0) is 17.1. The molecule has 1 amide bonds. The minimum atomic E-state index is -0.358. The van der Waals surface area contributed by atoms with Crippen molar-refractivity contribution in [1.82, 2.24) is 15.3 Å². The van der Waals surface area contributed by atoms with Crippen LogP contribution in [0, 0.1) is 13.8 Å². The molecular weight excluding hydrogens is 306 g/mol. The van der Waals surface area contributed by atoms with Gasteiger partial charge in [-0.25, -0.2) is 10.2 Å². The van der Waals surface area contributed by atoms with Crippen molar-refractivity contribution in [1.29, 1.82) is 0 Å². The van der Waals surface area contributed by atoms with Crippen LogP contribution < -0.4 is 5.48 Å². The normalized spacial score (nSPS) is 10.8. The Morgan fingerprint density at radius 3 is 2.83 bits per heavy atom. The van der Waals surface area contributed by atoms with Crippen molar-refractivity contribution >= 4 is 5.91 Å². The van der Waals surface area contributed by atoms with Gasteiger partial charge >= 0.3 is 0 Å². The van der Waals surface area contributed by atoms with E-state index in [1.165, 1.54) is 0 Å². The smallest absolute Gasteiger partial charge is 0.293 e. The van der Waals surface area contributed by atoms with Crippen molar-refractivity contribution in [2.45, 2.75) is 20.8 Å². The molecule has 124 valence electrons. The Morgan fingerprint density at radius 1 is 1.29 bits per heavy atom. The molecule has 0 radical (unpaired) electrons. The monoisotopic (exact) mass is 325 g/mol. The van der Waals surface area contributed by atoms with Crippen LogP contribution in [0.4, 0.5) is 0 Å². The summed E-state index contributed by atoms with van der Waals surface area (Å²) >= 11 is 0. The fraction of sp³-hybridized carbons (Fsp3) is 0.222. The van der Waals surface area contributed by atoms with Gasteiger partial charge in [0.1, 0.15) is 11.4 Å². The summed E-state index contributed by atoms with van der Waals surface area (Å²) in [5, 5.41) is 4.56. The molecule has 0 unspecified atom stereocenters. The molecule has 0 aliphatic carbocycles. The molecule has 6 nitrogen and oxygen atoms in total. The Hall–Kier alpha value is -2.86. The predicted molar refractivity (Wildman–Crippen MR) is 89.8 cm³/mol. The molecule has 0 aliphatic rings. The lowest BCUT2D eigenvalue weighted by Crippen LogP contribution is -2.26. The van der Waals surface area contributed by atoms with E-state index in [0.29, 0.717) is 23.8 Å². The Balaban J connectivity index is 2.12. The third-order valence-corrected chi connectivity index (χ3v) is 3.62. The van der Waals surface area contributed by atoms with E-state index in [2.05, 4.69) is 10.6 Å². The van der Waals surface area contributed by atoms with Crippen molar-refractivity contribution in [2.24, 2.45) is 0 Å². The minimum Gasteiger partial charge on any atom is -0.463 e. The summed E-state index contributed by atoms with van der Waals surface area (Å²) in [4.78, 5) is 17.5. The lowest BCUT2D eigenvalue weighted by molar-refractivity contribution is 0.0357. The molecule has 2 aromatic heterocycles. The molecule has 0 spiro atoms. The number of aryl methyl sites for hydroxylation is 2. The highest BCUT2D eigenvalue weighted by atomic mass is 16.6. The van der Waals surface area contributed by atoms with Crippen LogP contribution in [0.25, 0.3) is 17.1 Å². The van der Waals surface area contributed by atoms with Crippen LogP contribution in [0.15, 0.2) is 47.1 Å². The van der Waals surface area contributed by atoms with Crippen LogP contribution in [0.5, 0.6) is 0 Å². The Bertz CT molecular complexity index is 851. The zero-order valence-corrected chi connectivity index (χ0v) is 13.9. The van der Waals surface area contributed by atoms with Crippen LogP contribution >= 0.6 is 0 Å². The van der Waals surface area contributed by atoms with Crippen molar-refractivity contribution in [3.8, 4) is 17.1 Å². The Labute approximate surface area is 140 Å². The van der Waals surface area contributed by atoms with E-state index >= 15 is 0 Å². The summed E-state index contributed by atoms with van der Waals surface area (Å²) in [5.74, 6) is 0.243. The van der Waals surface area contributed by atoms with E-state index in [9.17, 15) is 4.79 Å². The molecule has 24 heavy (non-hydrogen) atoms. The van der Waals surface area contributed by atoms with Gasteiger partial charge in [0, 0.05) is 6.07 Å². The fourth-order valence-corrected chi connectivity index (χ4v) is 2.41. The number of carbonyl (C=O) groups excluding carboxylic acids is 1. The Morgan fingerprint density at radius 2 is 2.12 bits per heavy atom. The van der Waals surface area contributed by atoms with E-state index in [0.717, 1.165) is 16.8 Å². The number of hydroxylamine groups is 1. The van der Waals surface area contributed by atoms with Crippen molar-refractivity contribution in [3.05, 3.63) is 59.5 Å². The first-order valence-electron chi connectivity index (χ1n) is 7.74. The maximum absolute atomic E-state index is 12.4. The van der Waals surface area contributed by atoms with Gasteiger partial charge in [0.05, 0.1) is 18.6 Å². The summed E-state index contributed by atoms with van der Waals surface area (Å²) in [5.41, 5.74) is 6.33. The molecule has 6 heteroatoms. The number of amides is 1. The average molecular weight is 325 g/mol. The van der Waals surface area contributed by atoms with Crippen molar-refractivity contribution < 1.29 is 14.0 Å². The fourth-order valence-electron chi connectivity index (χ4n) is 2.41. The standard InChI is InChI=1S/C18H19N3O3/c1-4-24-20-18(22)16-11-14(17-6-5-9-23-17)19-21(16)15-10-12(2)7-8-13(15)3/h5-11H,4H2,1-3H3,(H,20,22). The molecule has 0 fully saturated rings.